The molecule has 0 radical (unpaired) electrons. The van der Waals surface area contributed by atoms with Crippen molar-refractivity contribution in [1.29, 1.82) is 0 Å². The molecule has 0 spiro atoms. The molecule has 2 aromatic carbocycles. The van der Waals surface area contributed by atoms with E-state index in [1.54, 1.807) is 18.3 Å². The molecule has 0 aliphatic rings. The van der Waals surface area contributed by atoms with Crippen LogP contribution in [0.1, 0.15) is 11.1 Å². The Kier molecular flexibility index (Phi) is 4.12. The first-order chi connectivity index (χ1) is 12.5. The molecule has 4 aromatic rings. The molecule has 0 bridgehead atoms. The molecule has 4 rings (SSSR count). The van der Waals surface area contributed by atoms with Gasteiger partial charge in [0.1, 0.15) is 17.3 Å². The molecule has 0 aliphatic carbocycles. The fourth-order valence-corrected chi connectivity index (χ4v) is 3.44. The number of hydrogen-bond acceptors (Lipinski definition) is 4. The molecule has 130 valence electrons. The van der Waals surface area contributed by atoms with Crippen LogP contribution in [0.2, 0.25) is 0 Å². The van der Waals surface area contributed by atoms with Crippen molar-refractivity contribution in [3.8, 4) is 17.0 Å². The Labute approximate surface area is 159 Å². The maximum absolute atomic E-state index is 10.4. The second kappa shape index (κ2) is 6.46. The first-order valence-corrected chi connectivity index (χ1v) is 8.98. The van der Waals surface area contributed by atoms with Crippen LogP contribution in [0.25, 0.3) is 17.0 Å². The fourth-order valence-electron chi connectivity index (χ4n) is 3.08. The number of aromatic hydroxyl groups is 1. The number of halogens is 1. The quantitative estimate of drug-likeness (QED) is 0.487. The minimum absolute atomic E-state index is 0.167. The molecule has 26 heavy (non-hydrogen) atoms. The molecule has 0 aliphatic heterocycles. The summed E-state index contributed by atoms with van der Waals surface area (Å²) in [6, 6.07) is 13.4. The number of phenolic OH excluding ortho intramolecular Hbond substituents is 1. The predicted molar refractivity (Wildman–Crippen MR) is 107 cm³/mol. The van der Waals surface area contributed by atoms with Gasteiger partial charge in [-0.3, -0.25) is 4.40 Å². The summed E-state index contributed by atoms with van der Waals surface area (Å²) in [5.74, 6) is 1.49. The number of nitrogens with zero attached hydrogens (tertiary/aromatic N) is 3. The summed E-state index contributed by atoms with van der Waals surface area (Å²) < 4.78 is 2.75. The average Bonchev–Trinajstić information content (AvgIpc) is 2.95. The van der Waals surface area contributed by atoms with Gasteiger partial charge < -0.3 is 10.4 Å². The van der Waals surface area contributed by atoms with Gasteiger partial charge in [0.25, 0.3) is 0 Å². The van der Waals surface area contributed by atoms with Crippen LogP contribution >= 0.6 is 15.9 Å². The molecule has 0 saturated heterocycles. The number of benzene rings is 2. The fraction of sp³-hybridized carbons (Fsp3) is 0.100. The van der Waals surface area contributed by atoms with Gasteiger partial charge in [-0.1, -0.05) is 22.0 Å². The number of imidazole rings is 1. The van der Waals surface area contributed by atoms with Crippen molar-refractivity contribution < 1.29 is 5.11 Å². The van der Waals surface area contributed by atoms with E-state index in [1.807, 2.05) is 22.7 Å². The van der Waals surface area contributed by atoms with Crippen LogP contribution in [0.3, 0.4) is 0 Å². The van der Waals surface area contributed by atoms with Crippen molar-refractivity contribution in [1.82, 2.24) is 14.4 Å². The van der Waals surface area contributed by atoms with Crippen molar-refractivity contribution in [3.63, 3.8) is 0 Å². The molecule has 0 fully saturated rings. The van der Waals surface area contributed by atoms with E-state index in [9.17, 15) is 5.11 Å². The van der Waals surface area contributed by atoms with Gasteiger partial charge in [-0.25, -0.2) is 9.97 Å². The molecular weight excluding hydrogens is 392 g/mol. The molecule has 0 atom stereocenters. The molecule has 2 heterocycles. The third-order valence-corrected chi connectivity index (χ3v) is 4.60. The topological polar surface area (TPSA) is 62.5 Å². The van der Waals surface area contributed by atoms with E-state index >= 15 is 0 Å². The third-order valence-electron chi connectivity index (χ3n) is 4.10. The Morgan fingerprint density at radius 1 is 1.08 bits per heavy atom. The van der Waals surface area contributed by atoms with Gasteiger partial charge in [-0.2, -0.15) is 0 Å². The average molecular weight is 409 g/mol. The number of anilines is 2. The summed E-state index contributed by atoms with van der Waals surface area (Å²) in [6.07, 6.45) is 3.60. The van der Waals surface area contributed by atoms with Crippen molar-refractivity contribution in [2.75, 3.05) is 5.32 Å². The number of aromatic nitrogens is 3. The number of fused-ring (bicyclic) bond motifs is 1. The van der Waals surface area contributed by atoms with Crippen LogP contribution in [0.15, 0.2) is 59.3 Å². The Hall–Kier alpha value is -2.86. The minimum atomic E-state index is 0.167. The Morgan fingerprint density at radius 3 is 2.62 bits per heavy atom. The molecule has 0 amide bonds. The van der Waals surface area contributed by atoms with E-state index in [1.165, 1.54) is 11.1 Å². The number of aryl methyl sites for hydroxylation is 2. The lowest BCUT2D eigenvalue weighted by Crippen LogP contribution is -1.98. The number of phenols is 1. The zero-order valence-corrected chi connectivity index (χ0v) is 15.9. The Morgan fingerprint density at radius 2 is 1.85 bits per heavy atom. The summed E-state index contributed by atoms with van der Waals surface area (Å²) in [7, 11) is 0. The second-order valence-corrected chi connectivity index (χ2v) is 7.18. The van der Waals surface area contributed by atoms with Gasteiger partial charge >= 0.3 is 0 Å². The SMILES string of the molecule is Cc1cc(C)cc(Nc2c(-c3cc(Br)ccc3O)nc3ncccn23)c1. The molecule has 0 unspecified atom stereocenters. The van der Waals surface area contributed by atoms with E-state index in [2.05, 4.69) is 63.3 Å². The highest BCUT2D eigenvalue weighted by Crippen LogP contribution is 2.37. The summed E-state index contributed by atoms with van der Waals surface area (Å²) in [5.41, 5.74) is 4.58. The highest BCUT2D eigenvalue weighted by molar-refractivity contribution is 9.10. The molecule has 2 N–H and O–H groups in total. The first-order valence-electron chi connectivity index (χ1n) is 8.18. The van der Waals surface area contributed by atoms with E-state index in [0.29, 0.717) is 17.0 Å². The van der Waals surface area contributed by atoms with E-state index in [-0.39, 0.29) is 5.75 Å². The summed E-state index contributed by atoms with van der Waals surface area (Å²) in [6.45, 7) is 4.13. The van der Waals surface area contributed by atoms with Crippen molar-refractivity contribution in [2.45, 2.75) is 13.8 Å². The van der Waals surface area contributed by atoms with Crippen LogP contribution in [0.5, 0.6) is 5.75 Å². The van der Waals surface area contributed by atoms with Crippen molar-refractivity contribution in [2.24, 2.45) is 0 Å². The molecule has 0 saturated carbocycles. The largest absolute Gasteiger partial charge is 0.507 e. The lowest BCUT2D eigenvalue weighted by Gasteiger charge is -2.11. The van der Waals surface area contributed by atoms with E-state index < -0.39 is 0 Å². The molecular formula is C20H17BrN4O. The van der Waals surface area contributed by atoms with Gasteiger partial charge in [-0.15, -0.1) is 0 Å². The maximum atomic E-state index is 10.4. The number of hydrogen-bond donors (Lipinski definition) is 2. The standard InChI is InChI=1S/C20H17BrN4O/c1-12-8-13(2)10-15(9-12)23-19-18(16-11-14(21)4-5-17(16)26)24-20-22-6-3-7-25(19)20/h3-11,23,26H,1-2H3. The van der Waals surface area contributed by atoms with Gasteiger partial charge in [-0.05, 0) is 61.4 Å². The third kappa shape index (κ3) is 3.04. The predicted octanol–water partition coefficient (Wildman–Crippen LogP) is 5.22. The zero-order valence-electron chi connectivity index (χ0n) is 14.4. The monoisotopic (exact) mass is 408 g/mol. The summed E-state index contributed by atoms with van der Waals surface area (Å²) >= 11 is 3.47. The van der Waals surface area contributed by atoms with Gasteiger partial charge in [0.15, 0.2) is 0 Å². The van der Waals surface area contributed by atoms with Gasteiger partial charge in [0.2, 0.25) is 5.78 Å². The molecule has 2 aromatic heterocycles. The minimum Gasteiger partial charge on any atom is -0.507 e. The highest BCUT2D eigenvalue weighted by atomic mass is 79.9. The van der Waals surface area contributed by atoms with Crippen LogP contribution in [-0.2, 0) is 0 Å². The van der Waals surface area contributed by atoms with Crippen LogP contribution in [-0.4, -0.2) is 19.5 Å². The highest BCUT2D eigenvalue weighted by Gasteiger charge is 2.18. The van der Waals surface area contributed by atoms with Crippen LogP contribution < -0.4 is 5.32 Å². The first kappa shape index (κ1) is 16.6. The second-order valence-electron chi connectivity index (χ2n) is 6.26. The van der Waals surface area contributed by atoms with E-state index in [0.717, 1.165) is 16.0 Å². The molecule has 6 heteroatoms. The number of nitrogens with one attached hydrogen (secondary N) is 1. The summed E-state index contributed by atoms with van der Waals surface area (Å²) in [5, 5.41) is 13.8. The lowest BCUT2D eigenvalue weighted by atomic mass is 10.1. The Balaban J connectivity index is 1.93. The van der Waals surface area contributed by atoms with Gasteiger partial charge in [0.05, 0.1) is 0 Å². The Bertz CT molecular complexity index is 1100. The smallest absolute Gasteiger partial charge is 0.235 e. The van der Waals surface area contributed by atoms with Gasteiger partial charge in [0, 0.05) is 28.1 Å². The van der Waals surface area contributed by atoms with Crippen LogP contribution in [0.4, 0.5) is 11.5 Å². The zero-order chi connectivity index (χ0) is 18.3. The summed E-state index contributed by atoms with van der Waals surface area (Å²) in [4.78, 5) is 8.97. The molecule has 5 nitrogen and oxygen atoms in total. The lowest BCUT2D eigenvalue weighted by molar-refractivity contribution is 0.477. The number of rotatable bonds is 3. The maximum Gasteiger partial charge on any atom is 0.235 e. The van der Waals surface area contributed by atoms with E-state index in [4.69, 9.17) is 0 Å². The van der Waals surface area contributed by atoms with Crippen LogP contribution in [0, 0.1) is 13.8 Å². The van der Waals surface area contributed by atoms with Crippen molar-refractivity contribution >= 4 is 33.2 Å². The van der Waals surface area contributed by atoms with Crippen molar-refractivity contribution in [3.05, 3.63) is 70.5 Å². The normalized spacial score (nSPS) is 11.0.